The highest BCUT2D eigenvalue weighted by molar-refractivity contribution is 6.01. The van der Waals surface area contributed by atoms with Gasteiger partial charge in [-0.25, -0.2) is 0 Å². The normalized spacial score (nSPS) is 15.5. The number of methoxy groups -OCH3 is 1. The number of unbranched alkanes of at least 4 members (excludes halogenated alkanes) is 1. The third kappa shape index (κ3) is 3.99. The van der Waals surface area contributed by atoms with Crippen LogP contribution >= 0.6 is 0 Å². The fourth-order valence-corrected chi connectivity index (χ4v) is 3.59. The molecule has 0 saturated carbocycles. The average molecular weight is 406 g/mol. The molecule has 3 aromatic rings. The first kappa shape index (κ1) is 19.9. The van der Waals surface area contributed by atoms with Gasteiger partial charge in [0.25, 0.3) is 5.91 Å². The van der Waals surface area contributed by atoms with Crippen molar-refractivity contribution < 1.29 is 18.7 Å². The van der Waals surface area contributed by atoms with E-state index in [1.807, 2.05) is 54.6 Å². The quantitative estimate of drug-likeness (QED) is 0.519. The standard InChI is InChI=1S/C24H26N2O4/c1-3-4-13-30-21-12-11-17(15-22(21)28-2)23-25-20-10-6-5-9-19(20)24(27)26(23)16-18-8-7-14-29-18/h5-12,14-15,23,25H,3-4,13,16H2,1-2H3. The van der Waals surface area contributed by atoms with E-state index in [4.69, 9.17) is 13.9 Å². The first-order valence-corrected chi connectivity index (χ1v) is 10.2. The van der Waals surface area contributed by atoms with Crippen LogP contribution in [0.25, 0.3) is 0 Å². The Balaban J connectivity index is 1.68. The first-order valence-electron chi connectivity index (χ1n) is 10.2. The zero-order valence-corrected chi connectivity index (χ0v) is 17.3. The minimum Gasteiger partial charge on any atom is -0.493 e. The van der Waals surface area contributed by atoms with Crippen molar-refractivity contribution in [3.05, 3.63) is 77.7 Å². The zero-order valence-electron chi connectivity index (χ0n) is 17.3. The number of nitrogens with one attached hydrogen (secondary N) is 1. The lowest BCUT2D eigenvalue weighted by atomic mass is 10.0. The van der Waals surface area contributed by atoms with E-state index >= 15 is 0 Å². The van der Waals surface area contributed by atoms with Crippen LogP contribution in [0.3, 0.4) is 0 Å². The number of benzene rings is 2. The molecule has 1 unspecified atom stereocenters. The number of nitrogens with zero attached hydrogens (tertiary/aromatic N) is 1. The number of ether oxygens (including phenoxy) is 2. The van der Waals surface area contributed by atoms with Crippen molar-refractivity contribution in [3.8, 4) is 11.5 Å². The molecule has 1 aromatic heterocycles. The van der Waals surface area contributed by atoms with Crippen molar-refractivity contribution in [1.82, 2.24) is 4.90 Å². The highest BCUT2D eigenvalue weighted by Crippen LogP contribution is 2.37. The number of hydrogen-bond donors (Lipinski definition) is 1. The SMILES string of the molecule is CCCCOc1ccc(C2Nc3ccccc3C(=O)N2Cc2ccco2)cc1OC. The van der Waals surface area contributed by atoms with Gasteiger partial charge in [-0.1, -0.05) is 31.5 Å². The summed E-state index contributed by atoms with van der Waals surface area (Å²) in [6.07, 6.45) is 3.30. The van der Waals surface area contributed by atoms with Crippen molar-refractivity contribution >= 4 is 11.6 Å². The highest BCUT2D eigenvalue weighted by Gasteiger charge is 2.33. The summed E-state index contributed by atoms with van der Waals surface area (Å²) in [6.45, 7) is 3.13. The predicted octanol–water partition coefficient (Wildman–Crippen LogP) is 5.23. The summed E-state index contributed by atoms with van der Waals surface area (Å²) in [7, 11) is 1.63. The smallest absolute Gasteiger partial charge is 0.258 e. The molecule has 30 heavy (non-hydrogen) atoms. The molecule has 2 heterocycles. The monoisotopic (exact) mass is 406 g/mol. The number of carbonyl (C=O) groups is 1. The Morgan fingerprint density at radius 2 is 1.97 bits per heavy atom. The summed E-state index contributed by atoms with van der Waals surface area (Å²) in [5, 5.41) is 3.50. The van der Waals surface area contributed by atoms with Crippen LogP contribution in [0.15, 0.2) is 65.3 Å². The fraction of sp³-hybridized carbons (Fsp3) is 0.292. The molecule has 1 aliphatic heterocycles. The number of para-hydroxylation sites is 1. The topological polar surface area (TPSA) is 63.9 Å². The van der Waals surface area contributed by atoms with Crippen molar-refractivity contribution in [1.29, 1.82) is 0 Å². The number of anilines is 1. The highest BCUT2D eigenvalue weighted by atomic mass is 16.5. The van der Waals surface area contributed by atoms with Gasteiger partial charge in [0.15, 0.2) is 11.5 Å². The molecule has 0 spiro atoms. The first-order chi connectivity index (χ1) is 14.7. The molecule has 156 valence electrons. The lowest BCUT2D eigenvalue weighted by Crippen LogP contribution is -2.42. The molecule has 0 fully saturated rings. The Kier molecular flexibility index (Phi) is 5.93. The molecular formula is C24H26N2O4. The Bertz CT molecular complexity index is 1000. The van der Waals surface area contributed by atoms with Crippen LogP contribution in [-0.2, 0) is 6.54 Å². The van der Waals surface area contributed by atoms with Gasteiger partial charge in [-0.3, -0.25) is 4.79 Å². The van der Waals surface area contributed by atoms with E-state index in [9.17, 15) is 4.79 Å². The van der Waals surface area contributed by atoms with Gasteiger partial charge in [0.2, 0.25) is 0 Å². The van der Waals surface area contributed by atoms with Gasteiger partial charge >= 0.3 is 0 Å². The number of fused-ring (bicyclic) bond motifs is 1. The molecule has 6 heteroatoms. The van der Waals surface area contributed by atoms with Crippen LogP contribution in [0.4, 0.5) is 5.69 Å². The number of amides is 1. The van der Waals surface area contributed by atoms with Gasteiger partial charge < -0.3 is 24.1 Å². The molecule has 0 aliphatic carbocycles. The molecular weight excluding hydrogens is 380 g/mol. The number of rotatable bonds is 8. The summed E-state index contributed by atoms with van der Waals surface area (Å²) in [4.78, 5) is 15.1. The Hall–Kier alpha value is -3.41. The zero-order chi connectivity index (χ0) is 20.9. The van der Waals surface area contributed by atoms with E-state index in [2.05, 4.69) is 12.2 Å². The second-order valence-corrected chi connectivity index (χ2v) is 7.22. The molecule has 2 aromatic carbocycles. The third-order valence-corrected chi connectivity index (χ3v) is 5.19. The summed E-state index contributed by atoms with van der Waals surface area (Å²) < 4.78 is 16.9. The molecule has 0 bridgehead atoms. The average Bonchev–Trinajstić information content (AvgIpc) is 3.29. The Morgan fingerprint density at radius 1 is 1.10 bits per heavy atom. The molecule has 1 aliphatic rings. The van der Waals surface area contributed by atoms with Crippen molar-refractivity contribution in [2.45, 2.75) is 32.5 Å². The minimum atomic E-state index is -0.365. The second-order valence-electron chi connectivity index (χ2n) is 7.22. The van der Waals surface area contributed by atoms with Crippen LogP contribution in [0.1, 0.15) is 47.6 Å². The van der Waals surface area contributed by atoms with E-state index in [0.29, 0.717) is 30.2 Å². The van der Waals surface area contributed by atoms with E-state index in [1.165, 1.54) is 0 Å². The maximum absolute atomic E-state index is 13.3. The van der Waals surface area contributed by atoms with E-state index in [-0.39, 0.29) is 12.1 Å². The van der Waals surface area contributed by atoms with Gasteiger partial charge in [0.05, 0.1) is 32.1 Å². The second kappa shape index (κ2) is 8.95. The maximum Gasteiger partial charge on any atom is 0.258 e. The van der Waals surface area contributed by atoms with Gasteiger partial charge in [-0.2, -0.15) is 0 Å². The largest absolute Gasteiger partial charge is 0.493 e. The van der Waals surface area contributed by atoms with E-state index < -0.39 is 0 Å². The Morgan fingerprint density at radius 3 is 2.73 bits per heavy atom. The third-order valence-electron chi connectivity index (χ3n) is 5.19. The molecule has 1 atom stereocenters. The minimum absolute atomic E-state index is 0.0482. The lowest BCUT2D eigenvalue weighted by Gasteiger charge is -2.37. The Labute approximate surface area is 176 Å². The van der Waals surface area contributed by atoms with Gasteiger partial charge in [-0.05, 0) is 48.4 Å². The van der Waals surface area contributed by atoms with Crippen molar-refractivity contribution in [2.75, 3.05) is 19.0 Å². The van der Waals surface area contributed by atoms with Crippen LogP contribution in [0, 0.1) is 0 Å². The van der Waals surface area contributed by atoms with Gasteiger partial charge in [-0.15, -0.1) is 0 Å². The van der Waals surface area contributed by atoms with Gasteiger partial charge in [0, 0.05) is 5.69 Å². The molecule has 0 radical (unpaired) electrons. The number of carbonyl (C=O) groups excluding carboxylic acids is 1. The van der Waals surface area contributed by atoms with Crippen LogP contribution in [-0.4, -0.2) is 24.5 Å². The number of furan rings is 1. The molecule has 1 amide bonds. The number of hydrogen-bond acceptors (Lipinski definition) is 5. The van der Waals surface area contributed by atoms with E-state index in [0.717, 1.165) is 29.9 Å². The van der Waals surface area contributed by atoms with Crippen molar-refractivity contribution in [2.24, 2.45) is 0 Å². The summed E-state index contributed by atoms with van der Waals surface area (Å²) >= 11 is 0. The summed E-state index contributed by atoms with van der Waals surface area (Å²) in [6, 6.07) is 17.0. The fourth-order valence-electron chi connectivity index (χ4n) is 3.59. The molecule has 0 saturated heterocycles. The predicted molar refractivity (Wildman–Crippen MR) is 115 cm³/mol. The van der Waals surface area contributed by atoms with Crippen LogP contribution in [0.2, 0.25) is 0 Å². The van der Waals surface area contributed by atoms with Crippen molar-refractivity contribution in [3.63, 3.8) is 0 Å². The van der Waals surface area contributed by atoms with Gasteiger partial charge in [0.1, 0.15) is 11.9 Å². The molecule has 6 nitrogen and oxygen atoms in total. The molecule has 1 N–H and O–H groups in total. The summed E-state index contributed by atoms with van der Waals surface area (Å²) in [5.41, 5.74) is 2.36. The van der Waals surface area contributed by atoms with Crippen LogP contribution in [0.5, 0.6) is 11.5 Å². The van der Waals surface area contributed by atoms with E-state index in [1.54, 1.807) is 18.3 Å². The summed E-state index contributed by atoms with van der Waals surface area (Å²) in [5.74, 6) is 2.03. The van der Waals surface area contributed by atoms with Crippen LogP contribution < -0.4 is 14.8 Å². The lowest BCUT2D eigenvalue weighted by molar-refractivity contribution is 0.0651. The molecule has 4 rings (SSSR count). The maximum atomic E-state index is 13.3.